The van der Waals surface area contributed by atoms with Gasteiger partial charge in [-0.25, -0.2) is 12.8 Å². The third-order valence-corrected chi connectivity index (χ3v) is 7.63. The number of nitrogens with one attached hydrogen (secondary N) is 1. The van der Waals surface area contributed by atoms with E-state index in [1.54, 1.807) is 10.7 Å². The Hall–Kier alpha value is -3.38. The number of aromatic hydroxyl groups is 1. The topological polar surface area (TPSA) is 130 Å². The fourth-order valence-corrected chi connectivity index (χ4v) is 5.71. The SMILES string of the molecule is C[C@@H]1CN(S(=O)(=O)c2ccc(O)cc2)C[C@@H]1n1nc(Cc2nn[nH]n2)c2ccc(F)cc21. The molecule has 0 spiro atoms. The summed E-state index contributed by atoms with van der Waals surface area (Å²) >= 11 is 0. The predicted molar refractivity (Wildman–Crippen MR) is 112 cm³/mol. The van der Waals surface area contributed by atoms with E-state index in [0.29, 0.717) is 30.0 Å². The average molecular weight is 457 g/mol. The van der Waals surface area contributed by atoms with Crippen LogP contribution in [0.3, 0.4) is 0 Å². The third-order valence-electron chi connectivity index (χ3n) is 5.79. The first-order valence-corrected chi connectivity index (χ1v) is 11.4. The van der Waals surface area contributed by atoms with Crippen molar-refractivity contribution in [2.24, 2.45) is 5.92 Å². The van der Waals surface area contributed by atoms with E-state index < -0.39 is 15.8 Å². The molecule has 32 heavy (non-hydrogen) atoms. The van der Waals surface area contributed by atoms with E-state index in [2.05, 4.69) is 20.6 Å². The zero-order valence-corrected chi connectivity index (χ0v) is 17.9. The molecule has 0 saturated carbocycles. The summed E-state index contributed by atoms with van der Waals surface area (Å²) in [5.74, 6) is -0.0112. The maximum Gasteiger partial charge on any atom is 0.243 e. The van der Waals surface area contributed by atoms with Gasteiger partial charge in [0.05, 0.1) is 28.6 Å². The van der Waals surface area contributed by atoms with Crippen LogP contribution in [0.5, 0.6) is 5.75 Å². The molecule has 2 aromatic carbocycles. The first-order valence-electron chi connectivity index (χ1n) is 10.0. The van der Waals surface area contributed by atoms with Crippen LogP contribution in [0.1, 0.15) is 24.5 Å². The van der Waals surface area contributed by atoms with E-state index in [1.807, 2.05) is 6.92 Å². The summed E-state index contributed by atoms with van der Waals surface area (Å²) in [4.78, 5) is 0.109. The number of hydrogen-bond donors (Lipinski definition) is 2. The molecule has 0 aliphatic carbocycles. The number of aromatic amines is 1. The zero-order chi connectivity index (χ0) is 22.5. The number of aromatic nitrogens is 6. The standard InChI is InChI=1S/C20H20FN7O3S/c1-12-10-27(32(30,31)15-5-3-14(29)4-6-15)11-19(12)28-18-8-13(21)2-7-16(18)17(24-28)9-20-22-25-26-23-20/h2-8,12,19,29H,9-11H2,1H3,(H,22,23,25,26)/t12-,19+/m1/s1. The van der Waals surface area contributed by atoms with Crippen LogP contribution in [0.15, 0.2) is 47.4 Å². The summed E-state index contributed by atoms with van der Waals surface area (Å²) in [7, 11) is -3.75. The van der Waals surface area contributed by atoms with Crippen molar-refractivity contribution in [3.63, 3.8) is 0 Å². The van der Waals surface area contributed by atoms with Crippen molar-refractivity contribution in [2.75, 3.05) is 13.1 Å². The molecule has 0 amide bonds. The minimum absolute atomic E-state index is 0.00390. The maximum atomic E-state index is 14.1. The molecule has 3 heterocycles. The molecule has 1 saturated heterocycles. The number of hydrogen-bond acceptors (Lipinski definition) is 7. The lowest BCUT2D eigenvalue weighted by Gasteiger charge is -2.17. The minimum atomic E-state index is -3.75. The van der Waals surface area contributed by atoms with Crippen LogP contribution in [0.4, 0.5) is 4.39 Å². The average Bonchev–Trinajstić information content (AvgIpc) is 3.48. The summed E-state index contributed by atoms with van der Waals surface area (Å²) in [6.45, 7) is 2.44. The van der Waals surface area contributed by atoms with E-state index in [0.717, 1.165) is 5.39 Å². The van der Waals surface area contributed by atoms with Crippen molar-refractivity contribution >= 4 is 20.9 Å². The molecule has 1 aliphatic rings. The number of tetrazole rings is 1. The summed E-state index contributed by atoms with van der Waals surface area (Å²) in [5, 5.41) is 28.8. The van der Waals surface area contributed by atoms with Crippen molar-refractivity contribution in [1.29, 1.82) is 0 Å². The molecule has 5 rings (SSSR count). The van der Waals surface area contributed by atoms with Gasteiger partial charge in [0.15, 0.2) is 5.82 Å². The smallest absolute Gasteiger partial charge is 0.243 e. The Morgan fingerprint density at radius 2 is 1.97 bits per heavy atom. The third kappa shape index (κ3) is 3.50. The highest BCUT2D eigenvalue weighted by molar-refractivity contribution is 7.89. The van der Waals surface area contributed by atoms with Gasteiger partial charge in [-0.1, -0.05) is 12.1 Å². The Morgan fingerprint density at radius 3 is 2.69 bits per heavy atom. The van der Waals surface area contributed by atoms with Crippen molar-refractivity contribution in [3.05, 3.63) is 59.8 Å². The van der Waals surface area contributed by atoms with E-state index in [4.69, 9.17) is 5.10 Å². The molecule has 166 valence electrons. The van der Waals surface area contributed by atoms with Crippen molar-refractivity contribution in [3.8, 4) is 5.75 Å². The molecular weight excluding hydrogens is 437 g/mol. The Morgan fingerprint density at radius 1 is 1.19 bits per heavy atom. The number of phenolic OH excluding ortho intramolecular Hbond substituents is 1. The summed E-state index contributed by atoms with van der Waals surface area (Å²) in [6.07, 6.45) is 0.308. The summed E-state index contributed by atoms with van der Waals surface area (Å²) in [6, 6.07) is 9.60. The normalized spacial score (nSPS) is 19.7. The summed E-state index contributed by atoms with van der Waals surface area (Å²) < 4.78 is 43.5. The van der Waals surface area contributed by atoms with Crippen LogP contribution in [0, 0.1) is 11.7 Å². The lowest BCUT2D eigenvalue weighted by atomic mass is 10.1. The van der Waals surface area contributed by atoms with Gasteiger partial charge in [-0.2, -0.15) is 14.6 Å². The fraction of sp³-hybridized carbons (Fsp3) is 0.300. The Labute approximate surface area is 182 Å². The van der Waals surface area contributed by atoms with Gasteiger partial charge in [0.25, 0.3) is 0 Å². The van der Waals surface area contributed by atoms with E-state index in [-0.39, 0.29) is 29.1 Å². The highest BCUT2D eigenvalue weighted by atomic mass is 32.2. The number of benzene rings is 2. The first kappa shape index (κ1) is 20.5. The number of nitrogens with zero attached hydrogens (tertiary/aromatic N) is 6. The molecule has 12 heteroatoms. The van der Waals surface area contributed by atoms with Crippen molar-refractivity contribution in [1.82, 2.24) is 34.7 Å². The maximum absolute atomic E-state index is 14.1. The largest absolute Gasteiger partial charge is 0.508 e. The van der Waals surface area contributed by atoms with E-state index in [9.17, 15) is 17.9 Å². The molecule has 0 bridgehead atoms. The molecule has 0 radical (unpaired) electrons. The Kier molecular flexibility index (Phi) is 4.90. The lowest BCUT2D eigenvalue weighted by Crippen LogP contribution is -2.29. The number of phenols is 1. The molecule has 2 N–H and O–H groups in total. The quantitative estimate of drug-likeness (QED) is 0.468. The Bertz CT molecular complexity index is 1370. The van der Waals surface area contributed by atoms with Crippen LogP contribution in [0.2, 0.25) is 0 Å². The van der Waals surface area contributed by atoms with Gasteiger partial charge in [0, 0.05) is 18.5 Å². The number of rotatable bonds is 5. The van der Waals surface area contributed by atoms with Crippen LogP contribution in [-0.4, -0.2) is 61.3 Å². The number of halogens is 1. The van der Waals surface area contributed by atoms with Crippen molar-refractivity contribution < 1.29 is 17.9 Å². The molecule has 10 nitrogen and oxygen atoms in total. The minimum Gasteiger partial charge on any atom is -0.508 e. The second-order valence-corrected chi connectivity index (χ2v) is 9.86. The first-order chi connectivity index (χ1) is 15.3. The molecule has 2 atom stereocenters. The van der Waals surface area contributed by atoms with Gasteiger partial charge in [-0.15, -0.1) is 10.2 Å². The molecule has 1 fully saturated rings. The van der Waals surface area contributed by atoms with Gasteiger partial charge >= 0.3 is 0 Å². The summed E-state index contributed by atoms with van der Waals surface area (Å²) in [5.41, 5.74) is 1.25. The molecular formula is C20H20FN7O3S. The molecule has 4 aromatic rings. The Balaban J connectivity index is 1.51. The van der Waals surface area contributed by atoms with Gasteiger partial charge in [-0.05, 0) is 48.4 Å². The van der Waals surface area contributed by atoms with Crippen LogP contribution < -0.4 is 0 Å². The number of H-pyrrole nitrogens is 1. The molecule has 1 aliphatic heterocycles. The molecule has 0 unspecified atom stereocenters. The number of fused-ring (bicyclic) bond motifs is 1. The van der Waals surface area contributed by atoms with E-state index in [1.165, 1.54) is 40.7 Å². The fourth-order valence-electron chi connectivity index (χ4n) is 4.15. The lowest BCUT2D eigenvalue weighted by molar-refractivity contribution is 0.406. The zero-order valence-electron chi connectivity index (χ0n) is 17.1. The second-order valence-electron chi connectivity index (χ2n) is 7.92. The van der Waals surface area contributed by atoms with Gasteiger partial charge < -0.3 is 5.11 Å². The monoisotopic (exact) mass is 457 g/mol. The number of sulfonamides is 1. The van der Waals surface area contributed by atoms with Gasteiger partial charge in [0.1, 0.15) is 11.6 Å². The highest BCUT2D eigenvalue weighted by Crippen LogP contribution is 2.35. The predicted octanol–water partition coefficient (Wildman–Crippen LogP) is 1.87. The van der Waals surface area contributed by atoms with Gasteiger partial charge in [-0.3, -0.25) is 4.68 Å². The van der Waals surface area contributed by atoms with Crippen LogP contribution in [0.25, 0.3) is 10.9 Å². The second kappa shape index (κ2) is 7.64. The van der Waals surface area contributed by atoms with Crippen LogP contribution in [-0.2, 0) is 16.4 Å². The van der Waals surface area contributed by atoms with Gasteiger partial charge in [0.2, 0.25) is 10.0 Å². The van der Waals surface area contributed by atoms with Crippen LogP contribution >= 0.6 is 0 Å². The van der Waals surface area contributed by atoms with Crippen molar-refractivity contribution in [2.45, 2.75) is 24.3 Å². The highest BCUT2D eigenvalue weighted by Gasteiger charge is 2.39. The molecule has 2 aromatic heterocycles. The van der Waals surface area contributed by atoms with E-state index >= 15 is 0 Å².